The summed E-state index contributed by atoms with van der Waals surface area (Å²) in [5.74, 6) is -0.194. The molecule has 2 atom stereocenters. The van der Waals surface area contributed by atoms with Crippen molar-refractivity contribution in [1.82, 2.24) is 14.8 Å². The lowest BCUT2D eigenvalue weighted by Gasteiger charge is -2.36. The maximum Gasteiger partial charge on any atom is 0.271 e. The van der Waals surface area contributed by atoms with Crippen LogP contribution >= 0.6 is 0 Å². The topological polar surface area (TPSA) is 131 Å². The van der Waals surface area contributed by atoms with E-state index in [1.165, 1.54) is 28.8 Å². The Morgan fingerprint density at radius 3 is 2.73 bits per heavy atom. The maximum absolute atomic E-state index is 13.2. The first-order valence-corrected chi connectivity index (χ1v) is 10.3. The van der Waals surface area contributed by atoms with Gasteiger partial charge in [-0.05, 0) is 32.0 Å². The quantitative estimate of drug-likeness (QED) is 0.357. The zero-order chi connectivity index (χ0) is 23.5. The third-order valence-corrected chi connectivity index (χ3v) is 5.15. The fourth-order valence-electron chi connectivity index (χ4n) is 3.78. The second-order valence-electron chi connectivity index (χ2n) is 7.75. The summed E-state index contributed by atoms with van der Waals surface area (Å²) in [5.41, 5.74) is 2.55. The summed E-state index contributed by atoms with van der Waals surface area (Å²) >= 11 is 0. The second-order valence-corrected chi connectivity index (χ2v) is 7.75. The predicted octanol–water partition coefficient (Wildman–Crippen LogP) is 1.98. The number of hydrazone groups is 1. The number of non-ortho nitro benzene ring substituents is 1. The lowest BCUT2D eigenvalue weighted by Crippen LogP contribution is -2.47. The van der Waals surface area contributed by atoms with Gasteiger partial charge in [-0.2, -0.15) is 5.10 Å². The van der Waals surface area contributed by atoms with E-state index in [-0.39, 0.29) is 34.6 Å². The third kappa shape index (κ3) is 4.72. The van der Waals surface area contributed by atoms with E-state index in [1.54, 1.807) is 24.4 Å². The number of aromatic nitrogens is 2. The molecule has 33 heavy (non-hydrogen) atoms. The lowest BCUT2D eigenvalue weighted by molar-refractivity contribution is -0.384. The molecular weight excluding hydrogens is 428 g/mol. The Hall–Kier alpha value is -4.12. The average molecular weight is 450 g/mol. The number of nitrogens with one attached hydrogen (secondary N) is 1. The van der Waals surface area contributed by atoms with Crippen molar-refractivity contribution >= 4 is 29.3 Å². The van der Waals surface area contributed by atoms with E-state index in [0.717, 1.165) is 6.07 Å². The fourth-order valence-corrected chi connectivity index (χ4v) is 3.78. The summed E-state index contributed by atoms with van der Waals surface area (Å²) in [6.07, 6.45) is 2.76. The van der Waals surface area contributed by atoms with Crippen molar-refractivity contribution in [2.24, 2.45) is 5.10 Å². The van der Waals surface area contributed by atoms with Gasteiger partial charge in [-0.25, -0.2) is 10.4 Å². The number of anilines is 1. The average Bonchev–Trinajstić information content (AvgIpc) is 2.79. The van der Waals surface area contributed by atoms with Gasteiger partial charge in [0, 0.05) is 37.0 Å². The second kappa shape index (κ2) is 9.17. The highest BCUT2D eigenvalue weighted by Crippen LogP contribution is 2.21. The van der Waals surface area contributed by atoms with Crippen molar-refractivity contribution in [2.45, 2.75) is 26.1 Å². The predicted molar refractivity (Wildman–Crippen MR) is 122 cm³/mol. The molecule has 1 N–H and O–H groups in total. The summed E-state index contributed by atoms with van der Waals surface area (Å²) in [6, 6.07) is 10.5. The van der Waals surface area contributed by atoms with Gasteiger partial charge < -0.3 is 9.64 Å². The van der Waals surface area contributed by atoms with Crippen molar-refractivity contribution in [1.29, 1.82) is 0 Å². The molecule has 0 aliphatic carbocycles. The number of rotatable bonds is 5. The highest BCUT2D eigenvalue weighted by molar-refractivity contribution is 5.96. The van der Waals surface area contributed by atoms with E-state index in [0.29, 0.717) is 24.6 Å². The van der Waals surface area contributed by atoms with E-state index >= 15 is 0 Å². The van der Waals surface area contributed by atoms with Crippen molar-refractivity contribution in [3.63, 3.8) is 0 Å². The number of carbonyl (C=O) groups is 1. The number of pyridine rings is 1. The molecule has 2 aromatic heterocycles. The van der Waals surface area contributed by atoms with Crippen LogP contribution < -0.4 is 15.9 Å². The van der Waals surface area contributed by atoms with Crippen LogP contribution in [-0.4, -0.2) is 51.7 Å². The summed E-state index contributed by atoms with van der Waals surface area (Å²) in [7, 11) is 0. The number of carbonyl (C=O) groups excluding carboxylic acids is 1. The normalized spacial score (nSPS) is 18.5. The Kier molecular flexibility index (Phi) is 6.13. The maximum atomic E-state index is 13.2. The number of hydrogen-bond acceptors (Lipinski definition) is 8. The fraction of sp³-hybridized carbons (Fsp3) is 0.273. The Bertz CT molecular complexity index is 1290. The number of nitro benzene ring substituents is 1. The molecule has 11 nitrogen and oxygen atoms in total. The van der Waals surface area contributed by atoms with Crippen LogP contribution in [0.3, 0.4) is 0 Å². The minimum Gasteiger partial charge on any atom is -0.372 e. The van der Waals surface area contributed by atoms with E-state index < -0.39 is 10.8 Å². The molecule has 170 valence electrons. The van der Waals surface area contributed by atoms with Crippen LogP contribution in [-0.2, 0) is 4.74 Å². The van der Waals surface area contributed by atoms with Crippen molar-refractivity contribution in [2.75, 3.05) is 18.0 Å². The monoisotopic (exact) mass is 450 g/mol. The third-order valence-electron chi connectivity index (χ3n) is 5.15. The summed E-state index contributed by atoms with van der Waals surface area (Å²) < 4.78 is 7.20. The minimum atomic E-state index is -0.640. The molecular formula is C22H22N6O5. The zero-order valence-corrected chi connectivity index (χ0v) is 18.0. The molecule has 3 aromatic rings. The Labute approximate surface area is 188 Å². The largest absolute Gasteiger partial charge is 0.372 e. The van der Waals surface area contributed by atoms with Crippen molar-refractivity contribution in [3.05, 3.63) is 80.3 Å². The minimum absolute atomic E-state index is 0.0526. The van der Waals surface area contributed by atoms with E-state index in [1.807, 2.05) is 18.7 Å². The number of benzene rings is 1. The summed E-state index contributed by atoms with van der Waals surface area (Å²) in [4.78, 5) is 42.6. The number of nitro groups is 1. The van der Waals surface area contributed by atoms with E-state index in [2.05, 4.69) is 15.5 Å². The Morgan fingerprint density at radius 1 is 1.24 bits per heavy atom. The number of fused-ring (bicyclic) bond motifs is 1. The molecule has 4 rings (SSSR count). The number of ether oxygens (including phenoxy) is 1. The first kappa shape index (κ1) is 22.1. The van der Waals surface area contributed by atoms with Crippen LogP contribution in [0.4, 0.5) is 11.5 Å². The van der Waals surface area contributed by atoms with Gasteiger partial charge in [0.05, 0.1) is 23.3 Å². The standard InChI is InChI=1S/C22H22N6O5/c1-14-12-26(13-15(2)33-14)20-18(22(30)27-9-4-3-8-19(27)24-20)11-23-25-21(29)16-6-5-7-17(10-16)28(31)32/h3-11,14-15H,12-13H2,1-2H3,(H,25,29)/b23-11+. The molecule has 3 heterocycles. The van der Waals surface area contributed by atoms with Crippen LogP contribution in [0, 0.1) is 10.1 Å². The number of hydrogen-bond donors (Lipinski definition) is 1. The van der Waals surface area contributed by atoms with Gasteiger partial charge in [-0.3, -0.25) is 24.1 Å². The summed E-state index contributed by atoms with van der Waals surface area (Å²) in [5, 5.41) is 14.9. The van der Waals surface area contributed by atoms with Crippen LogP contribution in [0.15, 0.2) is 58.6 Å². The molecule has 1 fully saturated rings. The van der Waals surface area contributed by atoms with Gasteiger partial charge in [0.25, 0.3) is 17.2 Å². The summed E-state index contributed by atoms with van der Waals surface area (Å²) in [6.45, 7) is 4.98. The van der Waals surface area contributed by atoms with Gasteiger partial charge in [-0.15, -0.1) is 0 Å². The Morgan fingerprint density at radius 2 is 2.00 bits per heavy atom. The molecule has 1 aromatic carbocycles. The van der Waals surface area contributed by atoms with Crippen molar-refractivity contribution < 1.29 is 14.5 Å². The molecule has 1 aliphatic heterocycles. The molecule has 0 spiro atoms. The number of amides is 1. The van der Waals surface area contributed by atoms with E-state index in [9.17, 15) is 19.7 Å². The van der Waals surface area contributed by atoms with Gasteiger partial charge in [0.15, 0.2) is 0 Å². The van der Waals surface area contributed by atoms with Gasteiger partial charge in [0.2, 0.25) is 0 Å². The molecule has 11 heteroatoms. The highest BCUT2D eigenvalue weighted by Gasteiger charge is 2.26. The van der Waals surface area contributed by atoms with Crippen LogP contribution in [0.5, 0.6) is 0 Å². The molecule has 1 saturated heterocycles. The van der Waals surface area contributed by atoms with Gasteiger partial charge >= 0.3 is 0 Å². The van der Waals surface area contributed by atoms with Crippen LogP contribution in [0.25, 0.3) is 5.65 Å². The first-order valence-electron chi connectivity index (χ1n) is 10.3. The Balaban J connectivity index is 1.67. The smallest absolute Gasteiger partial charge is 0.271 e. The molecule has 0 radical (unpaired) electrons. The zero-order valence-electron chi connectivity index (χ0n) is 18.0. The van der Waals surface area contributed by atoms with Gasteiger partial charge in [0.1, 0.15) is 17.0 Å². The van der Waals surface area contributed by atoms with Crippen molar-refractivity contribution in [3.8, 4) is 0 Å². The highest BCUT2D eigenvalue weighted by atomic mass is 16.6. The number of nitrogens with zero attached hydrogens (tertiary/aromatic N) is 5. The molecule has 2 unspecified atom stereocenters. The van der Waals surface area contributed by atoms with Crippen LogP contribution in [0.2, 0.25) is 0 Å². The SMILES string of the molecule is CC1CN(c2nc3ccccn3c(=O)c2/C=N/NC(=O)c2cccc([N+](=O)[O-])c2)CC(C)O1. The lowest BCUT2D eigenvalue weighted by atomic mass is 10.2. The molecule has 1 amide bonds. The van der Waals surface area contributed by atoms with E-state index in [4.69, 9.17) is 4.74 Å². The first-order chi connectivity index (χ1) is 15.8. The molecule has 0 bridgehead atoms. The van der Waals surface area contributed by atoms with Crippen LogP contribution in [0.1, 0.15) is 29.8 Å². The molecule has 0 saturated carbocycles. The molecule has 1 aliphatic rings. The number of morpholine rings is 1. The van der Waals surface area contributed by atoms with Gasteiger partial charge in [-0.1, -0.05) is 12.1 Å².